The molecule has 0 radical (unpaired) electrons. The zero-order chi connectivity index (χ0) is 34.9. The first-order valence-corrected chi connectivity index (χ1v) is 16.7. The highest BCUT2D eigenvalue weighted by atomic mass is 31.2. The number of para-hydroxylation sites is 2. The highest BCUT2D eigenvalue weighted by Crippen LogP contribution is 2.50. The minimum atomic E-state index is -3.95. The van der Waals surface area contributed by atoms with E-state index in [4.69, 9.17) is 25.2 Å². The fourth-order valence-electron chi connectivity index (χ4n) is 4.47. The molecular weight excluding hydrogens is 655 g/mol. The van der Waals surface area contributed by atoms with Crippen molar-refractivity contribution in [2.75, 3.05) is 0 Å². The lowest BCUT2D eigenvalue weighted by atomic mass is 10.2. The van der Waals surface area contributed by atoms with Crippen molar-refractivity contribution in [3.63, 3.8) is 0 Å². The molecular formula is C37H37N6O6P. The van der Waals surface area contributed by atoms with Gasteiger partial charge >= 0.3 is 13.7 Å². The van der Waals surface area contributed by atoms with Crippen LogP contribution >= 0.6 is 7.75 Å². The quantitative estimate of drug-likeness (QED) is 0.0704. The Bertz CT molecular complexity index is 1840. The van der Waals surface area contributed by atoms with Crippen molar-refractivity contribution in [3.8, 4) is 11.5 Å². The topological polar surface area (TPSA) is 187 Å². The van der Waals surface area contributed by atoms with Crippen LogP contribution in [0, 0.1) is 23.7 Å². The predicted molar refractivity (Wildman–Crippen MR) is 194 cm³/mol. The maximum absolute atomic E-state index is 12.3. The molecule has 256 valence electrons. The lowest BCUT2D eigenvalue weighted by Gasteiger charge is -2.14. The van der Waals surface area contributed by atoms with Crippen LogP contribution in [0.2, 0.25) is 0 Å². The Balaban J connectivity index is 0.000000203. The summed E-state index contributed by atoms with van der Waals surface area (Å²) in [4.78, 5) is 29.9. The summed E-state index contributed by atoms with van der Waals surface area (Å²) < 4.78 is 22.6. The average molecular weight is 693 g/mol. The normalized spacial score (nSPS) is 18.2. The molecule has 13 heteroatoms. The van der Waals surface area contributed by atoms with E-state index in [1.165, 1.54) is 0 Å². The van der Waals surface area contributed by atoms with Crippen molar-refractivity contribution in [2.45, 2.75) is 20.3 Å². The van der Waals surface area contributed by atoms with E-state index in [1.807, 2.05) is 85.0 Å². The molecule has 0 heterocycles. The van der Waals surface area contributed by atoms with Crippen molar-refractivity contribution in [1.29, 1.82) is 0 Å². The molecule has 6 rings (SSSR count). The maximum Gasteiger partial charge on any atom is 0.525 e. The average Bonchev–Trinajstić information content (AvgIpc) is 4.05. The Kier molecular flexibility index (Phi) is 15.1. The van der Waals surface area contributed by atoms with Crippen LogP contribution in [0.25, 0.3) is 33.0 Å². The fourth-order valence-corrected chi connectivity index (χ4v) is 5.46. The smallest absolute Gasteiger partial charge is 0.481 e. The van der Waals surface area contributed by atoms with Crippen LogP contribution in [0.3, 0.4) is 0 Å². The number of carbonyl (C=O) groups is 2. The van der Waals surface area contributed by atoms with Crippen LogP contribution in [-0.2, 0) is 14.2 Å². The second kappa shape index (κ2) is 19.7. The molecule has 0 spiro atoms. The molecule has 4 atom stereocenters. The largest absolute Gasteiger partial charge is 0.525 e. The summed E-state index contributed by atoms with van der Waals surface area (Å²) in [7, 11) is -3.95. The van der Waals surface area contributed by atoms with E-state index in [2.05, 4.69) is 19.8 Å². The van der Waals surface area contributed by atoms with E-state index in [0.29, 0.717) is 11.5 Å². The fraction of sp³-hybridized carbons (Fsp3) is 0.189. The number of amides is 1. The van der Waals surface area contributed by atoms with E-state index < -0.39 is 13.7 Å². The van der Waals surface area contributed by atoms with Gasteiger partial charge in [-0.3, -0.25) is 9.59 Å². The van der Waals surface area contributed by atoms with Gasteiger partial charge in [0.2, 0.25) is 5.91 Å². The molecule has 2 saturated carbocycles. The van der Waals surface area contributed by atoms with Gasteiger partial charge in [0.25, 0.3) is 0 Å². The number of carbonyl (C=O) groups excluding carboxylic acids is 1. The molecule has 0 aliphatic heterocycles. The Morgan fingerprint density at radius 3 is 1.46 bits per heavy atom. The number of carboxylic acid groups (broad SMARTS) is 1. The van der Waals surface area contributed by atoms with Crippen LogP contribution in [0.4, 0.5) is 0 Å². The predicted octanol–water partition coefficient (Wildman–Crippen LogP) is 10.8. The number of hydrogen-bond acceptors (Lipinski definition) is 5. The van der Waals surface area contributed by atoms with Crippen LogP contribution in [0.5, 0.6) is 11.5 Å². The molecule has 4 unspecified atom stereocenters. The minimum Gasteiger partial charge on any atom is -0.481 e. The third-order valence-corrected chi connectivity index (χ3v) is 8.39. The van der Waals surface area contributed by atoms with Gasteiger partial charge in [-0.15, -0.1) is 0 Å². The Hall–Kier alpha value is -6.05. The number of allylic oxidation sites excluding steroid dienone is 2. The van der Waals surface area contributed by atoms with Gasteiger partial charge in [0.15, 0.2) is 0 Å². The molecule has 2 aliphatic rings. The molecule has 0 saturated heterocycles. The van der Waals surface area contributed by atoms with E-state index in [-0.39, 0.29) is 37.0 Å². The molecule has 2 aliphatic carbocycles. The van der Waals surface area contributed by atoms with Gasteiger partial charge in [-0.25, -0.2) is 4.57 Å². The van der Waals surface area contributed by atoms with Gasteiger partial charge in [0.1, 0.15) is 11.5 Å². The Morgan fingerprint density at radius 1 is 0.680 bits per heavy atom. The third kappa shape index (κ3) is 13.2. The molecule has 0 bridgehead atoms. The number of nitrogens with zero attached hydrogens (tertiary/aromatic N) is 6. The third-order valence-electron chi connectivity index (χ3n) is 7.21. The molecule has 12 nitrogen and oxygen atoms in total. The SMILES string of the molecule is C.O=C(O)C1CC1/C=C\c1ccccc1.[N-]=[N+]=NC(=O)C1CC1/C=C\c1ccccc1.[N-]=[N+]=NP(=O)(Oc1ccccc1)Oc1ccccc1. The summed E-state index contributed by atoms with van der Waals surface area (Å²) in [5.74, 6) is -0.182. The van der Waals surface area contributed by atoms with Gasteiger partial charge in [0.05, 0.1) is 5.92 Å². The molecule has 4 aromatic rings. The number of rotatable bonds is 11. The van der Waals surface area contributed by atoms with Crippen LogP contribution in [0.15, 0.2) is 143 Å². The number of aliphatic carboxylic acids is 1. The Morgan fingerprint density at radius 2 is 1.08 bits per heavy atom. The molecule has 1 amide bonds. The molecule has 2 fully saturated rings. The van der Waals surface area contributed by atoms with Gasteiger partial charge in [0, 0.05) is 20.6 Å². The summed E-state index contributed by atoms with van der Waals surface area (Å²) in [6.45, 7) is 0. The van der Waals surface area contributed by atoms with Crippen molar-refractivity contribution in [2.24, 2.45) is 33.7 Å². The number of hydrogen-bond donors (Lipinski definition) is 1. The second-order valence-electron chi connectivity index (χ2n) is 10.9. The molecule has 1 N–H and O–H groups in total. The minimum absolute atomic E-state index is 0. The monoisotopic (exact) mass is 692 g/mol. The van der Waals surface area contributed by atoms with E-state index in [0.717, 1.165) is 24.0 Å². The van der Waals surface area contributed by atoms with Crippen LogP contribution in [-0.4, -0.2) is 17.0 Å². The van der Waals surface area contributed by atoms with Gasteiger partial charge in [-0.05, 0) is 76.2 Å². The number of azide groups is 2. The summed E-state index contributed by atoms with van der Waals surface area (Å²) in [6.07, 6.45) is 9.57. The van der Waals surface area contributed by atoms with Crippen LogP contribution < -0.4 is 9.05 Å². The zero-order valence-electron chi connectivity index (χ0n) is 26.2. The van der Waals surface area contributed by atoms with Crippen molar-refractivity contribution >= 4 is 31.8 Å². The molecule has 0 aromatic heterocycles. The number of carboxylic acids is 1. The Labute approximate surface area is 290 Å². The first-order chi connectivity index (χ1) is 23.8. The van der Waals surface area contributed by atoms with E-state index in [9.17, 15) is 14.2 Å². The number of benzene rings is 4. The molecule has 4 aromatic carbocycles. The zero-order valence-corrected chi connectivity index (χ0v) is 27.1. The summed E-state index contributed by atoms with van der Waals surface area (Å²) in [6, 6.07) is 36.6. The van der Waals surface area contributed by atoms with Gasteiger partial charge in [-0.1, -0.05) is 129 Å². The van der Waals surface area contributed by atoms with E-state index >= 15 is 0 Å². The van der Waals surface area contributed by atoms with Gasteiger partial charge < -0.3 is 14.2 Å². The second-order valence-corrected chi connectivity index (χ2v) is 12.4. The first-order valence-electron chi connectivity index (χ1n) is 15.2. The lowest BCUT2D eigenvalue weighted by molar-refractivity contribution is -0.138. The van der Waals surface area contributed by atoms with Gasteiger partial charge in [-0.2, -0.15) is 0 Å². The molecule has 50 heavy (non-hydrogen) atoms. The highest BCUT2D eigenvalue weighted by molar-refractivity contribution is 7.53. The maximum atomic E-state index is 12.3. The lowest BCUT2D eigenvalue weighted by Crippen LogP contribution is -1.97. The summed E-state index contributed by atoms with van der Waals surface area (Å²) in [5, 5.41) is 11.8. The van der Waals surface area contributed by atoms with Crippen molar-refractivity contribution < 1.29 is 28.3 Å². The first kappa shape index (κ1) is 38.4. The van der Waals surface area contributed by atoms with E-state index in [1.54, 1.807) is 60.7 Å². The van der Waals surface area contributed by atoms with Crippen molar-refractivity contribution in [1.82, 2.24) is 0 Å². The highest BCUT2D eigenvalue weighted by Gasteiger charge is 2.41. The van der Waals surface area contributed by atoms with Crippen LogP contribution in [0.1, 0.15) is 31.4 Å². The summed E-state index contributed by atoms with van der Waals surface area (Å²) in [5.41, 5.74) is 18.9. The van der Waals surface area contributed by atoms with Crippen molar-refractivity contribution in [3.05, 3.63) is 165 Å². The standard InChI is InChI=1S/C12H10N3O3P.C12H11N3O.C12H12O2.CH4/c13-14-15-19(16,17-11-7-3-1-4-8-11)18-12-9-5-2-6-10-12;13-15-14-12(16)11-8-10(11)7-6-9-4-2-1-3-5-9;13-12(14)11-8-10(11)7-6-9-4-2-1-3-5-9;/h1-10H;1-7,10-11H,8H2;1-7,10-11H,8H2,(H,13,14);1H4/b;2*7-6-;. The summed E-state index contributed by atoms with van der Waals surface area (Å²) >= 11 is 0.